The molecule has 5 nitrogen and oxygen atoms in total. The average Bonchev–Trinajstić information content (AvgIpc) is 2.69. The lowest BCUT2D eigenvalue weighted by molar-refractivity contribution is -0.142. The van der Waals surface area contributed by atoms with E-state index in [9.17, 15) is 9.59 Å². The number of nitrogens with zero attached hydrogens (tertiary/aromatic N) is 1. The number of carbonyl (C=O) groups excluding carboxylic acids is 2. The number of benzene rings is 2. The molecular formula is C21H24BrClN2O3. The Balaban J connectivity index is 2.16. The molecule has 0 radical (unpaired) electrons. The first-order valence-corrected chi connectivity index (χ1v) is 10.3. The summed E-state index contributed by atoms with van der Waals surface area (Å²) in [7, 11) is 0. The Labute approximate surface area is 179 Å². The number of hydrogen-bond acceptors (Lipinski definition) is 3. The summed E-state index contributed by atoms with van der Waals surface area (Å²) >= 11 is 9.32. The minimum absolute atomic E-state index is 0.148. The molecule has 0 aliphatic carbocycles. The molecule has 0 aliphatic rings. The van der Waals surface area contributed by atoms with Gasteiger partial charge in [0.1, 0.15) is 11.8 Å². The Morgan fingerprint density at radius 2 is 1.75 bits per heavy atom. The number of halogens is 2. The number of nitrogens with one attached hydrogen (secondary N) is 1. The van der Waals surface area contributed by atoms with E-state index in [-0.39, 0.29) is 18.4 Å². The van der Waals surface area contributed by atoms with Crippen molar-refractivity contribution in [3.05, 3.63) is 63.6 Å². The molecule has 2 rings (SSSR count). The van der Waals surface area contributed by atoms with Crippen molar-refractivity contribution in [1.29, 1.82) is 0 Å². The molecule has 0 aromatic heterocycles. The van der Waals surface area contributed by atoms with E-state index in [0.29, 0.717) is 30.3 Å². The molecular weight excluding hydrogens is 444 g/mol. The van der Waals surface area contributed by atoms with Crippen molar-refractivity contribution >= 4 is 39.3 Å². The van der Waals surface area contributed by atoms with Crippen molar-refractivity contribution in [2.24, 2.45) is 0 Å². The third-order valence-corrected chi connectivity index (χ3v) is 4.96. The summed E-state index contributed by atoms with van der Waals surface area (Å²) in [5.74, 6) is 0.168. The van der Waals surface area contributed by atoms with Crippen molar-refractivity contribution in [2.45, 2.75) is 32.9 Å². The number of amides is 2. The molecule has 0 saturated heterocycles. The van der Waals surface area contributed by atoms with Crippen LogP contribution in [0.25, 0.3) is 0 Å². The summed E-state index contributed by atoms with van der Waals surface area (Å²) in [6.45, 7) is 4.40. The highest BCUT2D eigenvalue weighted by atomic mass is 79.9. The summed E-state index contributed by atoms with van der Waals surface area (Å²) in [5.41, 5.74) is 0.893. The van der Waals surface area contributed by atoms with Crippen LogP contribution in [-0.2, 0) is 16.1 Å². The van der Waals surface area contributed by atoms with Crippen molar-refractivity contribution in [2.75, 3.05) is 13.2 Å². The first-order valence-electron chi connectivity index (χ1n) is 9.14. The maximum absolute atomic E-state index is 12.9. The molecule has 0 bridgehead atoms. The van der Waals surface area contributed by atoms with Gasteiger partial charge in [-0.2, -0.15) is 0 Å². The molecule has 2 aromatic carbocycles. The maximum atomic E-state index is 12.9. The van der Waals surface area contributed by atoms with E-state index in [1.54, 1.807) is 29.2 Å². The van der Waals surface area contributed by atoms with Gasteiger partial charge in [-0.1, -0.05) is 46.6 Å². The van der Waals surface area contributed by atoms with Crippen molar-refractivity contribution < 1.29 is 14.3 Å². The number of hydrogen-bond donors (Lipinski definition) is 1. The molecule has 1 atom stereocenters. The van der Waals surface area contributed by atoms with E-state index in [1.165, 1.54) is 0 Å². The van der Waals surface area contributed by atoms with Crippen molar-refractivity contribution in [3.8, 4) is 5.75 Å². The van der Waals surface area contributed by atoms with Crippen LogP contribution in [-0.4, -0.2) is 35.9 Å². The second kappa shape index (κ2) is 11.1. The van der Waals surface area contributed by atoms with Gasteiger partial charge < -0.3 is 15.0 Å². The molecule has 0 unspecified atom stereocenters. The van der Waals surface area contributed by atoms with Gasteiger partial charge in [0.2, 0.25) is 5.91 Å². The molecule has 0 fully saturated rings. The fourth-order valence-corrected chi connectivity index (χ4v) is 3.15. The van der Waals surface area contributed by atoms with Gasteiger partial charge >= 0.3 is 0 Å². The van der Waals surface area contributed by atoms with Crippen LogP contribution in [0.3, 0.4) is 0 Å². The number of carbonyl (C=O) groups is 2. The van der Waals surface area contributed by atoms with Crippen LogP contribution in [0.5, 0.6) is 5.75 Å². The third kappa shape index (κ3) is 6.53. The highest BCUT2D eigenvalue weighted by Crippen LogP contribution is 2.18. The van der Waals surface area contributed by atoms with Gasteiger partial charge in [-0.15, -0.1) is 0 Å². The van der Waals surface area contributed by atoms with Crippen LogP contribution in [0.4, 0.5) is 0 Å². The first kappa shape index (κ1) is 22.2. The number of likely N-dealkylation sites (N-methyl/N-ethyl adjacent to an activating group) is 1. The topological polar surface area (TPSA) is 58.6 Å². The van der Waals surface area contributed by atoms with Gasteiger partial charge in [-0.25, -0.2) is 0 Å². The zero-order valence-corrected chi connectivity index (χ0v) is 18.3. The van der Waals surface area contributed by atoms with E-state index < -0.39 is 6.04 Å². The van der Waals surface area contributed by atoms with Gasteiger partial charge in [0.25, 0.3) is 5.91 Å². The molecule has 28 heavy (non-hydrogen) atoms. The lowest BCUT2D eigenvalue weighted by Gasteiger charge is -2.30. The van der Waals surface area contributed by atoms with E-state index in [0.717, 1.165) is 10.0 Å². The summed E-state index contributed by atoms with van der Waals surface area (Å²) in [4.78, 5) is 27.0. The molecule has 150 valence electrons. The second-order valence-corrected chi connectivity index (χ2v) is 7.56. The van der Waals surface area contributed by atoms with Crippen molar-refractivity contribution in [1.82, 2.24) is 10.2 Å². The Morgan fingerprint density at radius 3 is 2.32 bits per heavy atom. The van der Waals surface area contributed by atoms with E-state index in [2.05, 4.69) is 21.2 Å². The average molecular weight is 468 g/mol. The minimum atomic E-state index is -0.573. The van der Waals surface area contributed by atoms with Crippen LogP contribution >= 0.6 is 27.5 Å². The van der Waals surface area contributed by atoms with Crippen molar-refractivity contribution in [3.63, 3.8) is 0 Å². The molecule has 2 aromatic rings. The van der Waals surface area contributed by atoms with Crippen LogP contribution in [0.15, 0.2) is 53.0 Å². The lowest BCUT2D eigenvalue weighted by atomic mass is 10.1. The molecule has 1 N–H and O–H groups in total. The molecule has 2 amide bonds. The molecule has 0 saturated carbocycles. The predicted molar refractivity (Wildman–Crippen MR) is 114 cm³/mol. The number of rotatable bonds is 9. The molecule has 0 spiro atoms. The Morgan fingerprint density at radius 1 is 1.11 bits per heavy atom. The summed E-state index contributed by atoms with van der Waals surface area (Å²) < 4.78 is 6.56. The van der Waals surface area contributed by atoms with Gasteiger partial charge in [0.05, 0.1) is 0 Å². The standard InChI is InChI=1S/C21H24BrClN2O3/c1-3-19(21(27)24-4-2)25(13-15-5-9-17(23)10-6-15)20(26)14-28-18-11-7-16(22)8-12-18/h5-12,19H,3-4,13-14H2,1-2H3,(H,24,27)/t19-/m1/s1. The number of ether oxygens (including phenoxy) is 1. The largest absolute Gasteiger partial charge is 0.484 e. The predicted octanol–water partition coefficient (Wildman–Crippen LogP) is 4.42. The third-order valence-electron chi connectivity index (χ3n) is 4.18. The zero-order chi connectivity index (χ0) is 20.5. The summed E-state index contributed by atoms with van der Waals surface area (Å²) in [6, 6.07) is 13.9. The molecule has 0 aliphatic heterocycles. The highest BCUT2D eigenvalue weighted by Gasteiger charge is 2.28. The highest BCUT2D eigenvalue weighted by molar-refractivity contribution is 9.10. The lowest BCUT2D eigenvalue weighted by Crippen LogP contribution is -2.50. The smallest absolute Gasteiger partial charge is 0.261 e. The zero-order valence-electron chi connectivity index (χ0n) is 16.0. The minimum Gasteiger partial charge on any atom is -0.484 e. The van der Waals surface area contributed by atoms with Gasteiger partial charge in [-0.3, -0.25) is 9.59 Å². The van der Waals surface area contributed by atoms with Crippen LogP contribution in [0.2, 0.25) is 5.02 Å². The second-order valence-electron chi connectivity index (χ2n) is 6.21. The fourth-order valence-electron chi connectivity index (χ4n) is 2.76. The van der Waals surface area contributed by atoms with Gasteiger partial charge in [0.15, 0.2) is 6.61 Å². The Kier molecular flexibility index (Phi) is 8.80. The monoisotopic (exact) mass is 466 g/mol. The fraction of sp³-hybridized carbons (Fsp3) is 0.333. The molecule has 7 heteroatoms. The molecule has 0 heterocycles. The SMILES string of the molecule is CCNC(=O)[C@@H](CC)N(Cc1ccc(Cl)cc1)C(=O)COc1ccc(Br)cc1. The maximum Gasteiger partial charge on any atom is 0.261 e. The summed E-state index contributed by atoms with van der Waals surface area (Å²) in [5, 5.41) is 3.43. The van der Waals surface area contributed by atoms with E-state index in [1.807, 2.05) is 38.1 Å². The Hall–Kier alpha value is -2.05. The first-order chi connectivity index (χ1) is 13.4. The van der Waals surface area contributed by atoms with Crippen LogP contribution < -0.4 is 10.1 Å². The Bertz CT molecular complexity index is 781. The normalized spacial score (nSPS) is 11.6. The van der Waals surface area contributed by atoms with E-state index >= 15 is 0 Å². The van der Waals surface area contributed by atoms with Crippen LogP contribution in [0, 0.1) is 0 Å². The van der Waals surface area contributed by atoms with E-state index in [4.69, 9.17) is 16.3 Å². The van der Waals surface area contributed by atoms with Crippen LogP contribution in [0.1, 0.15) is 25.8 Å². The summed E-state index contributed by atoms with van der Waals surface area (Å²) in [6.07, 6.45) is 0.503. The van der Waals surface area contributed by atoms with Gasteiger partial charge in [0, 0.05) is 22.6 Å². The quantitative estimate of drug-likeness (QED) is 0.594. The van der Waals surface area contributed by atoms with Gasteiger partial charge in [-0.05, 0) is 55.3 Å².